The third-order valence-corrected chi connectivity index (χ3v) is 2.78. The van der Waals surface area contributed by atoms with Gasteiger partial charge in [0.1, 0.15) is 12.4 Å². The van der Waals surface area contributed by atoms with Gasteiger partial charge in [0, 0.05) is 31.6 Å². The van der Waals surface area contributed by atoms with Crippen molar-refractivity contribution in [3.8, 4) is 5.75 Å². The second-order valence-electron chi connectivity index (χ2n) is 4.46. The Balaban J connectivity index is 1.71. The Bertz CT molecular complexity index is 543. The van der Waals surface area contributed by atoms with Gasteiger partial charge in [-0.3, -0.25) is 10.1 Å². The molecule has 0 amide bonds. The van der Waals surface area contributed by atoms with Gasteiger partial charge >= 0.3 is 6.16 Å². The lowest BCUT2D eigenvalue weighted by Gasteiger charge is -2.17. The maximum atomic E-state index is 11.4. The number of ether oxygens (including phenoxy) is 2. The third kappa shape index (κ3) is 4.37. The molecule has 21 heavy (non-hydrogen) atoms. The van der Waals surface area contributed by atoms with E-state index in [0.29, 0.717) is 6.54 Å². The van der Waals surface area contributed by atoms with Crippen LogP contribution in [0.2, 0.25) is 0 Å². The fraction of sp³-hybridized carbons (Fsp3) is 0.308. The number of carbonyl (C=O) groups excluding carboxylic acids is 1. The Labute approximate surface area is 121 Å². The Hall–Kier alpha value is -2.77. The van der Waals surface area contributed by atoms with Crippen molar-refractivity contribution in [3.05, 3.63) is 46.8 Å². The van der Waals surface area contributed by atoms with Gasteiger partial charge in [-0.2, -0.15) is 0 Å². The highest BCUT2D eigenvalue weighted by Gasteiger charge is 2.11. The number of hydrogen-bond donors (Lipinski definition) is 0. The van der Waals surface area contributed by atoms with Crippen LogP contribution < -0.4 is 4.74 Å². The molecule has 0 saturated carbocycles. The van der Waals surface area contributed by atoms with Gasteiger partial charge in [-0.25, -0.2) is 4.79 Å². The van der Waals surface area contributed by atoms with Crippen molar-refractivity contribution in [2.45, 2.75) is 0 Å². The molecule has 8 heteroatoms. The van der Waals surface area contributed by atoms with Gasteiger partial charge in [0.05, 0.1) is 18.1 Å². The lowest BCUT2D eigenvalue weighted by atomic mass is 10.3. The summed E-state index contributed by atoms with van der Waals surface area (Å²) in [6.45, 7) is 1.51. The molecule has 0 bridgehead atoms. The molecule has 0 saturated heterocycles. The average Bonchev–Trinajstić information content (AvgIpc) is 2.85. The summed E-state index contributed by atoms with van der Waals surface area (Å²) in [6, 6.07) is 5.20. The maximum Gasteiger partial charge on any atom is 0.513 e. The number of rotatable bonds is 5. The van der Waals surface area contributed by atoms with Crippen LogP contribution in [0.25, 0.3) is 0 Å². The number of benzene rings is 1. The smallest absolute Gasteiger partial charge is 0.432 e. The van der Waals surface area contributed by atoms with Gasteiger partial charge in [0.15, 0.2) is 0 Å². The summed E-state index contributed by atoms with van der Waals surface area (Å²) in [5.41, 5.74) is -0.0688. The van der Waals surface area contributed by atoms with E-state index in [2.05, 4.69) is 0 Å². The van der Waals surface area contributed by atoms with Crippen LogP contribution in [0.15, 0.2) is 36.7 Å². The minimum atomic E-state index is -0.833. The molecular formula is C13H15N3O5. The van der Waals surface area contributed by atoms with Gasteiger partial charge in [0.2, 0.25) is 0 Å². The predicted octanol–water partition coefficient (Wildman–Crippen LogP) is 1.79. The normalized spacial score (nSPS) is 13.4. The second-order valence-corrected chi connectivity index (χ2v) is 4.46. The average molecular weight is 293 g/mol. The molecule has 0 radical (unpaired) electrons. The monoisotopic (exact) mass is 293 g/mol. The zero-order valence-electron chi connectivity index (χ0n) is 11.5. The van der Waals surface area contributed by atoms with E-state index in [1.165, 1.54) is 24.3 Å². The molecule has 1 aromatic rings. The van der Waals surface area contributed by atoms with E-state index in [4.69, 9.17) is 9.47 Å². The number of nitro groups is 1. The first-order valence-corrected chi connectivity index (χ1v) is 6.26. The maximum absolute atomic E-state index is 11.4. The summed E-state index contributed by atoms with van der Waals surface area (Å²) in [5, 5.41) is 10.5. The molecule has 0 unspecified atom stereocenters. The van der Waals surface area contributed by atoms with E-state index < -0.39 is 11.1 Å². The first-order chi connectivity index (χ1) is 10.0. The van der Waals surface area contributed by atoms with Crippen LogP contribution in [0.3, 0.4) is 0 Å². The van der Waals surface area contributed by atoms with Crippen molar-refractivity contribution in [2.75, 3.05) is 26.9 Å². The van der Waals surface area contributed by atoms with E-state index in [0.717, 1.165) is 6.67 Å². The van der Waals surface area contributed by atoms with Crippen LogP contribution in [0.1, 0.15) is 0 Å². The highest BCUT2D eigenvalue weighted by molar-refractivity contribution is 5.63. The standard InChI is InChI=1S/C13H15N3O5/c1-14-6-7-15(10-14)8-9-20-13(17)21-12-4-2-11(3-5-12)16(18)19/h2-7H,8-10H2,1H3. The Morgan fingerprint density at radius 1 is 1.33 bits per heavy atom. The molecule has 0 aliphatic carbocycles. The molecule has 1 aromatic carbocycles. The first kappa shape index (κ1) is 14.6. The van der Waals surface area contributed by atoms with Crippen molar-refractivity contribution in [3.63, 3.8) is 0 Å². The largest absolute Gasteiger partial charge is 0.513 e. The Kier molecular flexibility index (Phi) is 4.60. The summed E-state index contributed by atoms with van der Waals surface area (Å²) < 4.78 is 9.84. The molecule has 0 N–H and O–H groups in total. The van der Waals surface area contributed by atoms with Gasteiger partial charge < -0.3 is 19.3 Å². The predicted molar refractivity (Wildman–Crippen MR) is 73.5 cm³/mol. The second kappa shape index (κ2) is 6.60. The molecule has 0 fully saturated rings. The van der Waals surface area contributed by atoms with Gasteiger partial charge in [-0.15, -0.1) is 0 Å². The number of hydrogen-bond acceptors (Lipinski definition) is 7. The third-order valence-electron chi connectivity index (χ3n) is 2.78. The number of nitro benzene ring substituents is 1. The molecule has 0 spiro atoms. The lowest BCUT2D eigenvalue weighted by molar-refractivity contribution is -0.384. The minimum Gasteiger partial charge on any atom is -0.432 e. The molecule has 1 aliphatic rings. The molecule has 112 valence electrons. The first-order valence-electron chi connectivity index (χ1n) is 6.26. The number of nitrogens with zero attached hydrogens (tertiary/aromatic N) is 3. The van der Waals surface area contributed by atoms with E-state index >= 15 is 0 Å². The van der Waals surface area contributed by atoms with Crippen molar-refractivity contribution in [1.82, 2.24) is 9.80 Å². The van der Waals surface area contributed by atoms with Crippen molar-refractivity contribution >= 4 is 11.8 Å². The van der Waals surface area contributed by atoms with Crippen LogP contribution in [-0.4, -0.2) is 47.7 Å². The summed E-state index contributed by atoms with van der Waals surface area (Å²) in [4.78, 5) is 25.4. The zero-order chi connectivity index (χ0) is 15.2. The van der Waals surface area contributed by atoms with Crippen LogP contribution in [0.5, 0.6) is 5.75 Å². The van der Waals surface area contributed by atoms with Gasteiger partial charge in [0.25, 0.3) is 5.69 Å². The van der Waals surface area contributed by atoms with E-state index in [1.54, 1.807) is 0 Å². The van der Waals surface area contributed by atoms with E-state index in [1.807, 2.05) is 29.2 Å². The Morgan fingerprint density at radius 2 is 2.05 bits per heavy atom. The fourth-order valence-electron chi connectivity index (χ4n) is 1.74. The quantitative estimate of drug-likeness (QED) is 0.354. The van der Waals surface area contributed by atoms with Gasteiger partial charge in [-0.05, 0) is 12.1 Å². The van der Waals surface area contributed by atoms with Crippen molar-refractivity contribution in [2.24, 2.45) is 0 Å². The van der Waals surface area contributed by atoms with Crippen molar-refractivity contribution < 1.29 is 19.2 Å². The molecule has 1 aliphatic heterocycles. The van der Waals surface area contributed by atoms with Gasteiger partial charge in [-0.1, -0.05) is 0 Å². The Morgan fingerprint density at radius 3 is 2.62 bits per heavy atom. The van der Waals surface area contributed by atoms with E-state index in [9.17, 15) is 14.9 Å². The molecule has 1 heterocycles. The number of non-ortho nitro benzene ring substituents is 1. The van der Waals surface area contributed by atoms with Crippen LogP contribution >= 0.6 is 0 Å². The molecule has 2 rings (SSSR count). The molecular weight excluding hydrogens is 278 g/mol. The summed E-state index contributed by atoms with van der Waals surface area (Å²) in [7, 11) is 1.94. The SMILES string of the molecule is CN1C=CN(CCOC(=O)Oc2ccc([N+](=O)[O-])cc2)C1. The lowest BCUT2D eigenvalue weighted by Crippen LogP contribution is -2.27. The molecule has 8 nitrogen and oxygen atoms in total. The highest BCUT2D eigenvalue weighted by atomic mass is 16.7. The van der Waals surface area contributed by atoms with E-state index in [-0.39, 0.29) is 18.0 Å². The summed E-state index contributed by atoms with van der Waals surface area (Å²) >= 11 is 0. The van der Waals surface area contributed by atoms with Crippen LogP contribution in [0, 0.1) is 10.1 Å². The van der Waals surface area contributed by atoms with Crippen LogP contribution in [-0.2, 0) is 4.74 Å². The fourth-order valence-corrected chi connectivity index (χ4v) is 1.74. The minimum absolute atomic E-state index is 0.0688. The number of carbonyl (C=O) groups is 1. The molecule has 0 atom stereocenters. The summed E-state index contributed by atoms with van der Waals surface area (Å²) in [6.07, 6.45) is 3.00. The van der Waals surface area contributed by atoms with Crippen LogP contribution in [0.4, 0.5) is 10.5 Å². The zero-order valence-corrected chi connectivity index (χ0v) is 11.5. The van der Waals surface area contributed by atoms with Crippen molar-refractivity contribution in [1.29, 1.82) is 0 Å². The molecule has 0 aromatic heterocycles. The highest BCUT2D eigenvalue weighted by Crippen LogP contribution is 2.17. The topological polar surface area (TPSA) is 85.2 Å². The summed E-state index contributed by atoms with van der Waals surface area (Å²) in [5.74, 6) is 0.200.